The highest BCUT2D eigenvalue weighted by Crippen LogP contribution is 2.41. The Hall–Kier alpha value is -1.22. The largest absolute Gasteiger partial charge is 0.508 e. The summed E-state index contributed by atoms with van der Waals surface area (Å²) < 4.78 is 0. The van der Waals surface area contributed by atoms with Crippen LogP contribution < -0.4 is 4.90 Å². The molecule has 0 unspecified atom stereocenters. The lowest BCUT2D eigenvalue weighted by molar-refractivity contribution is 0.308. The van der Waals surface area contributed by atoms with Crippen LogP contribution in [0.4, 0.5) is 5.69 Å². The molecule has 19 heavy (non-hydrogen) atoms. The van der Waals surface area contributed by atoms with Gasteiger partial charge in [-0.2, -0.15) is 0 Å². The molecule has 0 spiro atoms. The predicted molar refractivity (Wildman–Crippen MR) is 81.1 cm³/mol. The van der Waals surface area contributed by atoms with Gasteiger partial charge in [-0.25, -0.2) is 0 Å². The van der Waals surface area contributed by atoms with E-state index in [-0.39, 0.29) is 5.41 Å². The molecule has 1 heterocycles. The van der Waals surface area contributed by atoms with Gasteiger partial charge in [0.05, 0.1) is 0 Å². The zero-order valence-electron chi connectivity index (χ0n) is 12.6. The second-order valence-corrected chi connectivity index (χ2v) is 6.03. The summed E-state index contributed by atoms with van der Waals surface area (Å²) in [5.74, 6) is 0.373. The van der Waals surface area contributed by atoms with Crippen molar-refractivity contribution in [1.82, 2.24) is 4.90 Å². The van der Waals surface area contributed by atoms with Crippen LogP contribution in [0.3, 0.4) is 0 Å². The molecule has 0 aromatic heterocycles. The molecule has 0 radical (unpaired) electrons. The molecule has 0 bridgehead atoms. The Bertz CT molecular complexity index is 438. The molecule has 1 aromatic carbocycles. The van der Waals surface area contributed by atoms with E-state index in [1.165, 1.54) is 11.3 Å². The Morgan fingerprint density at radius 2 is 1.95 bits per heavy atom. The second-order valence-electron chi connectivity index (χ2n) is 6.03. The Labute approximate surface area is 116 Å². The average molecular weight is 262 g/mol. The van der Waals surface area contributed by atoms with Crippen molar-refractivity contribution in [2.45, 2.75) is 33.1 Å². The number of fused-ring (bicyclic) bond motifs is 1. The lowest BCUT2D eigenvalue weighted by Crippen LogP contribution is -2.36. The normalized spacial score (nSPS) is 17.0. The van der Waals surface area contributed by atoms with Crippen molar-refractivity contribution in [1.29, 1.82) is 0 Å². The number of likely N-dealkylation sites (N-methyl/N-ethyl adjacent to an activating group) is 1. The molecule has 1 N–H and O–H groups in total. The van der Waals surface area contributed by atoms with Gasteiger partial charge in [0.1, 0.15) is 5.75 Å². The van der Waals surface area contributed by atoms with Crippen molar-refractivity contribution in [3.8, 4) is 5.75 Å². The first-order valence-electron chi connectivity index (χ1n) is 7.28. The number of benzene rings is 1. The van der Waals surface area contributed by atoms with Crippen molar-refractivity contribution in [3.63, 3.8) is 0 Å². The maximum absolute atomic E-state index is 9.68. The highest BCUT2D eigenvalue weighted by Gasteiger charge is 2.35. The summed E-state index contributed by atoms with van der Waals surface area (Å²) in [6.45, 7) is 14.3. The van der Waals surface area contributed by atoms with Gasteiger partial charge >= 0.3 is 0 Å². The van der Waals surface area contributed by atoms with Crippen LogP contribution in [-0.4, -0.2) is 42.7 Å². The van der Waals surface area contributed by atoms with Gasteiger partial charge < -0.3 is 14.9 Å². The van der Waals surface area contributed by atoms with Crippen LogP contribution in [0.1, 0.15) is 33.3 Å². The highest BCUT2D eigenvalue weighted by atomic mass is 16.3. The van der Waals surface area contributed by atoms with Gasteiger partial charge in [-0.05, 0) is 36.9 Å². The third kappa shape index (κ3) is 2.86. The topological polar surface area (TPSA) is 26.7 Å². The number of aromatic hydroxyl groups is 1. The van der Waals surface area contributed by atoms with E-state index in [4.69, 9.17) is 0 Å². The molecule has 1 aliphatic heterocycles. The zero-order valence-corrected chi connectivity index (χ0v) is 12.6. The molecule has 1 aliphatic rings. The SMILES string of the molecule is CCN(CC)CCN1CC(C)(C)c2cc(O)ccc21. The van der Waals surface area contributed by atoms with Crippen molar-refractivity contribution in [2.75, 3.05) is 37.6 Å². The van der Waals surface area contributed by atoms with Crippen LogP contribution in [0, 0.1) is 0 Å². The molecule has 0 atom stereocenters. The van der Waals surface area contributed by atoms with Crippen molar-refractivity contribution < 1.29 is 5.11 Å². The third-order valence-electron chi connectivity index (χ3n) is 4.22. The van der Waals surface area contributed by atoms with Crippen LogP contribution in [0.25, 0.3) is 0 Å². The molecule has 3 nitrogen and oxygen atoms in total. The monoisotopic (exact) mass is 262 g/mol. The van der Waals surface area contributed by atoms with Gasteiger partial charge in [-0.15, -0.1) is 0 Å². The maximum atomic E-state index is 9.68. The molecule has 0 saturated carbocycles. The molecule has 0 aliphatic carbocycles. The van der Waals surface area contributed by atoms with E-state index in [0.717, 1.165) is 32.7 Å². The Morgan fingerprint density at radius 3 is 2.58 bits per heavy atom. The summed E-state index contributed by atoms with van der Waals surface area (Å²) >= 11 is 0. The third-order valence-corrected chi connectivity index (χ3v) is 4.22. The fraction of sp³-hybridized carbons (Fsp3) is 0.625. The summed E-state index contributed by atoms with van der Waals surface area (Å²) in [4.78, 5) is 4.90. The smallest absolute Gasteiger partial charge is 0.116 e. The molecule has 1 aromatic rings. The number of nitrogens with zero attached hydrogens (tertiary/aromatic N) is 2. The van der Waals surface area contributed by atoms with E-state index in [2.05, 4.69) is 43.6 Å². The summed E-state index contributed by atoms with van der Waals surface area (Å²) in [7, 11) is 0. The molecule has 106 valence electrons. The average Bonchev–Trinajstić information content (AvgIpc) is 2.62. The second kappa shape index (κ2) is 5.41. The Balaban J connectivity index is 2.14. The quantitative estimate of drug-likeness (QED) is 0.884. The van der Waals surface area contributed by atoms with Gasteiger partial charge in [0.15, 0.2) is 0 Å². The summed E-state index contributed by atoms with van der Waals surface area (Å²) in [6.07, 6.45) is 0. The van der Waals surface area contributed by atoms with E-state index >= 15 is 0 Å². The van der Waals surface area contributed by atoms with Crippen molar-refractivity contribution in [3.05, 3.63) is 23.8 Å². The molecular weight excluding hydrogens is 236 g/mol. The van der Waals surface area contributed by atoms with E-state index in [0.29, 0.717) is 5.75 Å². The number of anilines is 1. The summed E-state index contributed by atoms with van der Waals surface area (Å²) in [6, 6.07) is 5.78. The van der Waals surface area contributed by atoms with Gasteiger partial charge in [0.25, 0.3) is 0 Å². The van der Waals surface area contributed by atoms with E-state index in [9.17, 15) is 5.11 Å². The lowest BCUT2D eigenvalue weighted by atomic mass is 9.87. The first-order chi connectivity index (χ1) is 8.97. The minimum Gasteiger partial charge on any atom is -0.508 e. The van der Waals surface area contributed by atoms with Gasteiger partial charge in [0.2, 0.25) is 0 Å². The fourth-order valence-corrected chi connectivity index (χ4v) is 2.99. The minimum absolute atomic E-state index is 0.122. The first-order valence-corrected chi connectivity index (χ1v) is 7.28. The number of rotatable bonds is 5. The Morgan fingerprint density at radius 1 is 1.26 bits per heavy atom. The standard InChI is InChI=1S/C16H26N2O/c1-5-17(6-2)9-10-18-12-16(3,4)14-11-13(19)7-8-15(14)18/h7-8,11,19H,5-6,9-10,12H2,1-4H3. The Kier molecular flexibility index (Phi) is 4.04. The molecule has 0 fully saturated rings. The van der Waals surface area contributed by atoms with E-state index in [1.807, 2.05) is 6.07 Å². The minimum atomic E-state index is 0.122. The maximum Gasteiger partial charge on any atom is 0.116 e. The fourth-order valence-electron chi connectivity index (χ4n) is 2.99. The number of phenols is 1. The number of hydrogen-bond donors (Lipinski definition) is 1. The van der Waals surface area contributed by atoms with Gasteiger partial charge in [-0.3, -0.25) is 0 Å². The number of hydrogen-bond acceptors (Lipinski definition) is 3. The van der Waals surface area contributed by atoms with Gasteiger partial charge in [0, 0.05) is 30.7 Å². The first kappa shape index (κ1) is 14.2. The van der Waals surface area contributed by atoms with Crippen LogP contribution in [-0.2, 0) is 5.41 Å². The van der Waals surface area contributed by atoms with E-state index in [1.54, 1.807) is 6.07 Å². The van der Waals surface area contributed by atoms with Crippen LogP contribution in [0.2, 0.25) is 0 Å². The van der Waals surface area contributed by atoms with Crippen molar-refractivity contribution >= 4 is 5.69 Å². The number of phenolic OH excluding ortho intramolecular Hbond substituents is 1. The van der Waals surface area contributed by atoms with E-state index < -0.39 is 0 Å². The van der Waals surface area contributed by atoms with Crippen LogP contribution >= 0.6 is 0 Å². The molecule has 2 rings (SSSR count). The highest BCUT2D eigenvalue weighted by molar-refractivity contribution is 5.64. The molecule has 3 heteroatoms. The molecule has 0 saturated heterocycles. The van der Waals surface area contributed by atoms with Crippen LogP contribution in [0.5, 0.6) is 5.75 Å². The zero-order chi connectivity index (χ0) is 14.0. The van der Waals surface area contributed by atoms with Crippen molar-refractivity contribution in [2.24, 2.45) is 0 Å². The molecular formula is C16H26N2O. The lowest BCUT2D eigenvalue weighted by Gasteiger charge is -2.26. The molecule has 0 amide bonds. The predicted octanol–water partition coefficient (Wildman–Crippen LogP) is 2.83. The van der Waals surface area contributed by atoms with Crippen LogP contribution in [0.15, 0.2) is 18.2 Å². The summed E-state index contributed by atoms with van der Waals surface area (Å²) in [5.41, 5.74) is 2.68. The summed E-state index contributed by atoms with van der Waals surface area (Å²) in [5, 5.41) is 9.68. The van der Waals surface area contributed by atoms with Gasteiger partial charge in [-0.1, -0.05) is 27.7 Å².